The van der Waals surface area contributed by atoms with Crippen molar-refractivity contribution in [3.63, 3.8) is 0 Å². The molecule has 162 valence electrons. The maximum Gasteiger partial charge on any atom is 0.340 e. The van der Waals surface area contributed by atoms with E-state index < -0.39 is 5.63 Å². The monoisotopic (exact) mass is 422 g/mol. The average Bonchev–Trinajstić information content (AvgIpc) is 2.81. The number of fused-ring (bicyclic) bond motifs is 1. The van der Waals surface area contributed by atoms with Crippen molar-refractivity contribution in [1.82, 2.24) is 4.90 Å². The second-order valence-electron chi connectivity index (χ2n) is 7.55. The highest BCUT2D eigenvalue weighted by Gasteiger charge is 2.24. The van der Waals surface area contributed by atoms with Crippen LogP contribution in [0.1, 0.15) is 11.1 Å². The lowest BCUT2D eigenvalue weighted by molar-refractivity contribution is -0.130. The van der Waals surface area contributed by atoms with Crippen molar-refractivity contribution < 1.29 is 18.7 Å². The van der Waals surface area contributed by atoms with E-state index in [1.54, 1.807) is 6.07 Å². The lowest BCUT2D eigenvalue weighted by atomic mass is 10.0. The molecule has 0 aliphatic carbocycles. The predicted octanol–water partition coefficient (Wildman–Crippen LogP) is 3.01. The van der Waals surface area contributed by atoms with Crippen LogP contribution >= 0.6 is 0 Å². The van der Waals surface area contributed by atoms with Gasteiger partial charge >= 0.3 is 5.63 Å². The minimum Gasteiger partial charge on any atom is -0.493 e. The molecule has 3 aromatic rings. The number of amides is 1. The molecule has 4 rings (SSSR count). The number of anilines is 1. The van der Waals surface area contributed by atoms with Gasteiger partial charge < -0.3 is 23.7 Å². The Balaban J connectivity index is 1.53. The summed E-state index contributed by atoms with van der Waals surface area (Å²) in [6.45, 7) is 4.60. The van der Waals surface area contributed by atoms with E-state index in [-0.39, 0.29) is 12.3 Å². The zero-order valence-corrected chi connectivity index (χ0v) is 18.0. The summed E-state index contributed by atoms with van der Waals surface area (Å²) in [5.74, 6) is 0.788. The van der Waals surface area contributed by atoms with Gasteiger partial charge in [0.25, 0.3) is 0 Å². The van der Waals surface area contributed by atoms with Crippen molar-refractivity contribution in [1.29, 1.82) is 0 Å². The Morgan fingerprint density at radius 3 is 2.35 bits per heavy atom. The van der Waals surface area contributed by atoms with E-state index in [2.05, 4.69) is 17.0 Å². The predicted molar refractivity (Wildman–Crippen MR) is 119 cm³/mol. The van der Waals surface area contributed by atoms with Crippen molar-refractivity contribution in [2.24, 2.45) is 0 Å². The molecule has 1 fully saturated rings. The molecule has 0 bridgehead atoms. The molecule has 1 aliphatic rings. The molecular formula is C24H26N2O5. The number of nitrogens with zero attached hydrogens (tertiary/aromatic N) is 2. The summed E-state index contributed by atoms with van der Waals surface area (Å²) in [5, 5.41) is 0.731. The van der Waals surface area contributed by atoms with E-state index in [4.69, 9.17) is 13.9 Å². The fourth-order valence-electron chi connectivity index (χ4n) is 4.09. The average molecular weight is 422 g/mol. The first-order valence-electron chi connectivity index (χ1n) is 10.3. The number of rotatable bonds is 5. The van der Waals surface area contributed by atoms with E-state index >= 15 is 0 Å². The molecule has 7 nitrogen and oxygen atoms in total. The normalized spacial score (nSPS) is 14.0. The summed E-state index contributed by atoms with van der Waals surface area (Å²) in [6.07, 6.45) is 0.0176. The number of piperazine rings is 1. The van der Waals surface area contributed by atoms with Crippen LogP contribution in [0.15, 0.2) is 51.7 Å². The zero-order chi connectivity index (χ0) is 22.0. The number of hydrogen-bond donors (Lipinski definition) is 0. The first-order valence-corrected chi connectivity index (χ1v) is 10.3. The molecule has 0 atom stereocenters. The first kappa shape index (κ1) is 20.8. The molecule has 1 saturated heterocycles. The van der Waals surface area contributed by atoms with Gasteiger partial charge in [-0.25, -0.2) is 4.79 Å². The Kier molecular flexibility index (Phi) is 5.84. The highest BCUT2D eigenvalue weighted by Crippen LogP contribution is 2.36. The van der Waals surface area contributed by atoms with Gasteiger partial charge in [0.1, 0.15) is 0 Å². The van der Waals surface area contributed by atoms with Gasteiger partial charge in [0.2, 0.25) is 11.7 Å². The minimum atomic E-state index is -0.521. The summed E-state index contributed by atoms with van der Waals surface area (Å²) in [6, 6.07) is 13.8. The third kappa shape index (κ3) is 3.95. The van der Waals surface area contributed by atoms with Crippen LogP contribution in [-0.2, 0) is 11.2 Å². The molecular weight excluding hydrogens is 396 g/mol. The Bertz CT molecular complexity index is 1150. The Morgan fingerprint density at radius 2 is 1.71 bits per heavy atom. The van der Waals surface area contributed by atoms with Crippen LogP contribution in [-0.4, -0.2) is 51.2 Å². The molecule has 0 radical (unpaired) electrons. The van der Waals surface area contributed by atoms with Crippen molar-refractivity contribution in [3.8, 4) is 11.5 Å². The van der Waals surface area contributed by atoms with Gasteiger partial charge in [-0.05, 0) is 36.8 Å². The summed E-state index contributed by atoms with van der Waals surface area (Å²) < 4.78 is 16.2. The number of carbonyl (C=O) groups excluding carboxylic acids is 1. The Morgan fingerprint density at radius 1 is 1.00 bits per heavy atom. The van der Waals surface area contributed by atoms with E-state index in [9.17, 15) is 9.59 Å². The van der Waals surface area contributed by atoms with E-state index in [1.807, 2.05) is 36.1 Å². The Hall–Kier alpha value is -3.48. The standard InChI is InChI=1S/C24H26N2O5/c1-16-18-9-10-20(29-2)23(30-3)22(18)31-24(28)19(16)15-21(27)26-13-11-25(12-14-26)17-7-5-4-6-8-17/h4-10H,11-15H2,1-3H3. The SMILES string of the molecule is COc1ccc2c(C)c(CC(=O)N3CCN(c4ccccc4)CC3)c(=O)oc2c1OC. The molecule has 0 spiro atoms. The number of benzene rings is 2. The van der Waals surface area contributed by atoms with Crippen molar-refractivity contribution in [2.75, 3.05) is 45.3 Å². The van der Waals surface area contributed by atoms with E-state index in [1.165, 1.54) is 14.2 Å². The lowest BCUT2D eigenvalue weighted by Crippen LogP contribution is -2.49. The smallest absolute Gasteiger partial charge is 0.340 e. The summed E-state index contributed by atoms with van der Waals surface area (Å²) in [5.41, 5.74) is 2.08. The van der Waals surface area contributed by atoms with Gasteiger partial charge in [-0.15, -0.1) is 0 Å². The highest BCUT2D eigenvalue weighted by atomic mass is 16.5. The quantitative estimate of drug-likeness (QED) is 0.589. The van der Waals surface area contributed by atoms with Gasteiger partial charge in [0, 0.05) is 37.3 Å². The first-order chi connectivity index (χ1) is 15.0. The molecule has 1 amide bonds. The number of carbonyl (C=O) groups is 1. The van der Waals surface area contributed by atoms with Crippen molar-refractivity contribution >= 4 is 22.6 Å². The summed E-state index contributed by atoms with van der Waals surface area (Å²) in [4.78, 5) is 29.8. The van der Waals surface area contributed by atoms with Crippen molar-refractivity contribution in [2.45, 2.75) is 13.3 Å². The van der Waals surface area contributed by atoms with E-state index in [0.29, 0.717) is 35.7 Å². The molecule has 31 heavy (non-hydrogen) atoms. The minimum absolute atomic E-state index is 0.0176. The number of hydrogen-bond acceptors (Lipinski definition) is 6. The van der Waals surface area contributed by atoms with Gasteiger partial charge in [-0.3, -0.25) is 4.79 Å². The molecule has 2 aromatic carbocycles. The van der Waals surface area contributed by atoms with Gasteiger partial charge in [-0.2, -0.15) is 0 Å². The number of ether oxygens (including phenoxy) is 2. The van der Waals surface area contributed by atoms with Gasteiger partial charge in [-0.1, -0.05) is 18.2 Å². The van der Waals surface area contributed by atoms with Crippen LogP contribution in [0.2, 0.25) is 0 Å². The fraction of sp³-hybridized carbons (Fsp3) is 0.333. The second-order valence-corrected chi connectivity index (χ2v) is 7.55. The van der Waals surface area contributed by atoms with Crippen LogP contribution in [0, 0.1) is 6.92 Å². The van der Waals surface area contributed by atoms with Crippen molar-refractivity contribution in [3.05, 3.63) is 64.0 Å². The largest absolute Gasteiger partial charge is 0.493 e. The fourth-order valence-corrected chi connectivity index (χ4v) is 4.09. The molecule has 1 aromatic heterocycles. The Labute approximate surface area is 180 Å². The van der Waals surface area contributed by atoms with Crippen LogP contribution < -0.4 is 20.0 Å². The topological polar surface area (TPSA) is 72.2 Å². The summed E-state index contributed by atoms with van der Waals surface area (Å²) >= 11 is 0. The molecule has 1 aliphatic heterocycles. The van der Waals surface area contributed by atoms with Crippen LogP contribution in [0.4, 0.5) is 5.69 Å². The lowest BCUT2D eigenvalue weighted by Gasteiger charge is -2.36. The third-order valence-corrected chi connectivity index (χ3v) is 5.88. The second kappa shape index (κ2) is 8.71. The highest BCUT2D eigenvalue weighted by molar-refractivity contribution is 5.90. The maximum absolute atomic E-state index is 13.0. The van der Waals surface area contributed by atoms with Crippen LogP contribution in [0.25, 0.3) is 11.0 Å². The molecule has 0 N–H and O–H groups in total. The maximum atomic E-state index is 13.0. The molecule has 2 heterocycles. The van der Waals surface area contributed by atoms with Crippen LogP contribution in [0.5, 0.6) is 11.5 Å². The molecule has 0 saturated carbocycles. The van der Waals surface area contributed by atoms with Gasteiger partial charge in [0.15, 0.2) is 11.3 Å². The number of para-hydroxylation sites is 1. The zero-order valence-electron chi connectivity index (χ0n) is 18.0. The van der Waals surface area contributed by atoms with Crippen LogP contribution in [0.3, 0.4) is 0 Å². The number of methoxy groups -OCH3 is 2. The van der Waals surface area contributed by atoms with Gasteiger partial charge in [0.05, 0.1) is 26.2 Å². The number of aryl methyl sites for hydroxylation is 1. The summed E-state index contributed by atoms with van der Waals surface area (Å²) in [7, 11) is 3.03. The molecule has 0 unspecified atom stereocenters. The third-order valence-electron chi connectivity index (χ3n) is 5.88. The molecule has 7 heteroatoms. The van der Waals surface area contributed by atoms with E-state index in [0.717, 1.165) is 29.7 Å².